The number of carboxylic acid groups (broad SMARTS) is 1. The third kappa shape index (κ3) is 2.71. The van der Waals surface area contributed by atoms with Crippen LogP contribution in [0.2, 0.25) is 0 Å². The lowest BCUT2D eigenvalue weighted by atomic mass is 9.52. The summed E-state index contributed by atoms with van der Waals surface area (Å²) >= 11 is 0. The number of benzene rings is 1. The van der Waals surface area contributed by atoms with Crippen LogP contribution in [0.4, 0.5) is 0 Å². The zero-order valence-electron chi connectivity index (χ0n) is 14.2. The highest BCUT2D eigenvalue weighted by atomic mass is 16.5. The zero-order chi connectivity index (χ0) is 17.4. The second-order valence-corrected chi connectivity index (χ2v) is 7.30. The van der Waals surface area contributed by atoms with Gasteiger partial charge in [0, 0.05) is 0 Å². The van der Waals surface area contributed by atoms with Gasteiger partial charge in [-0.25, -0.2) is 0 Å². The molecular formula is C19H23NO4. The number of carboxylic acids is 1. The number of carbonyl (C=O) groups is 1. The van der Waals surface area contributed by atoms with E-state index in [0.717, 1.165) is 18.4 Å². The highest BCUT2D eigenvalue weighted by molar-refractivity contribution is 5.77. The Labute approximate surface area is 142 Å². The molecule has 0 bridgehead atoms. The van der Waals surface area contributed by atoms with Crippen LogP contribution in [0.1, 0.15) is 51.0 Å². The molecule has 0 atom stereocenters. The number of methoxy groups -OCH3 is 1. The van der Waals surface area contributed by atoms with E-state index < -0.39 is 16.8 Å². The lowest BCUT2D eigenvalue weighted by Gasteiger charge is -2.48. The minimum atomic E-state index is -0.843. The summed E-state index contributed by atoms with van der Waals surface area (Å²) in [5.41, 5.74) is -0.771. The molecule has 1 aromatic rings. The van der Waals surface area contributed by atoms with Crippen LogP contribution in [0.25, 0.3) is 0 Å². The zero-order valence-corrected chi connectivity index (χ0v) is 14.2. The second kappa shape index (κ2) is 6.01. The van der Waals surface area contributed by atoms with Crippen LogP contribution in [0.5, 0.6) is 11.5 Å². The van der Waals surface area contributed by atoms with Gasteiger partial charge in [0.1, 0.15) is 0 Å². The molecule has 3 rings (SSSR count). The van der Waals surface area contributed by atoms with E-state index in [2.05, 4.69) is 6.07 Å². The van der Waals surface area contributed by atoms with Crippen LogP contribution < -0.4 is 9.47 Å². The maximum atomic E-state index is 11.4. The van der Waals surface area contributed by atoms with Gasteiger partial charge in [0.05, 0.1) is 30.1 Å². The molecule has 0 radical (unpaired) electrons. The van der Waals surface area contributed by atoms with E-state index in [1.165, 1.54) is 12.8 Å². The number of aliphatic carboxylic acids is 1. The first-order chi connectivity index (χ1) is 11.4. The second-order valence-electron chi connectivity index (χ2n) is 7.30. The van der Waals surface area contributed by atoms with Crippen LogP contribution in [-0.4, -0.2) is 24.3 Å². The summed E-state index contributed by atoms with van der Waals surface area (Å²) in [7, 11) is 1.60. The molecule has 0 amide bonds. The van der Waals surface area contributed by atoms with Gasteiger partial charge in [-0.1, -0.05) is 6.07 Å². The fraction of sp³-hybridized carbons (Fsp3) is 0.579. The molecule has 1 N–H and O–H groups in total. The highest BCUT2D eigenvalue weighted by Gasteiger charge is 2.57. The molecule has 0 unspecified atom stereocenters. The predicted molar refractivity (Wildman–Crippen MR) is 88.1 cm³/mol. The molecule has 1 aromatic carbocycles. The van der Waals surface area contributed by atoms with Gasteiger partial charge in [0.2, 0.25) is 0 Å². The van der Waals surface area contributed by atoms with Crippen molar-refractivity contribution in [3.63, 3.8) is 0 Å². The molecule has 0 heterocycles. The normalized spacial score (nSPS) is 29.5. The SMILES string of the molecule is COc1ccc(C2(C#N)CC(C)(C(=O)O)C2)cc1OC1CCCC1. The topological polar surface area (TPSA) is 79.5 Å². The number of nitrogens with zero attached hydrogens (tertiary/aromatic N) is 1. The minimum Gasteiger partial charge on any atom is -0.493 e. The van der Waals surface area contributed by atoms with Crippen molar-refractivity contribution in [1.82, 2.24) is 0 Å². The lowest BCUT2D eigenvalue weighted by Crippen LogP contribution is -2.51. The van der Waals surface area contributed by atoms with Crippen molar-refractivity contribution in [2.24, 2.45) is 5.41 Å². The first-order valence-corrected chi connectivity index (χ1v) is 8.42. The van der Waals surface area contributed by atoms with E-state index in [0.29, 0.717) is 24.3 Å². The Morgan fingerprint density at radius 2 is 1.96 bits per heavy atom. The molecule has 5 heteroatoms. The molecule has 24 heavy (non-hydrogen) atoms. The van der Waals surface area contributed by atoms with Crippen LogP contribution in [-0.2, 0) is 10.2 Å². The van der Waals surface area contributed by atoms with Crippen molar-refractivity contribution in [2.45, 2.75) is 57.0 Å². The van der Waals surface area contributed by atoms with E-state index in [-0.39, 0.29) is 6.10 Å². The standard InChI is InChI=1S/C19H23NO4/c1-18(17(21)22)10-19(11-18,12-20)13-7-8-15(23-2)16(9-13)24-14-5-3-4-6-14/h7-9,14H,3-6,10-11H2,1-2H3,(H,21,22). The summed E-state index contributed by atoms with van der Waals surface area (Å²) in [6.07, 6.45) is 5.25. The summed E-state index contributed by atoms with van der Waals surface area (Å²) in [4.78, 5) is 11.4. The summed E-state index contributed by atoms with van der Waals surface area (Å²) in [6.45, 7) is 1.70. The molecule has 2 saturated carbocycles. The Morgan fingerprint density at radius 1 is 1.29 bits per heavy atom. The molecule has 0 saturated heterocycles. The fourth-order valence-corrected chi connectivity index (χ4v) is 4.03. The molecule has 0 spiro atoms. The predicted octanol–water partition coefficient (Wildman–Crippen LogP) is 3.66. The van der Waals surface area contributed by atoms with Crippen LogP contribution in [0.3, 0.4) is 0 Å². The third-order valence-corrected chi connectivity index (χ3v) is 5.43. The summed E-state index contributed by atoms with van der Waals surface area (Å²) in [6, 6.07) is 7.87. The molecular weight excluding hydrogens is 306 g/mol. The summed E-state index contributed by atoms with van der Waals surface area (Å²) < 4.78 is 11.5. The quantitative estimate of drug-likeness (QED) is 0.891. The fourth-order valence-electron chi connectivity index (χ4n) is 4.03. The van der Waals surface area contributed by atoms with E-state index >= 15 is 0 Å². The van der Waals surface area contributed by atoms with E-state index in [1.54, 1.807) is 14.0 Å². The van der Waals surface area contributed by atoms with Gasteiger partial charge in [0.25, 0.3) is 0 Å². The van der Waals surface area contributed by atoms with Crippen molar-refractivity contribution in [3.05, 3.63) is 23.8 Å². The van der Waals surface area contributed by atoms with Gasteiger partial charge in [-0.15, -0.1) is 0 Å². The summed E-state index contributed by atoms with van der Waals surface area (Å²) in [5.74, 6) is 0.462. The first kappa shape index (κ1) is 16.6. The molecule has 2 aliphatic rings. The van der Waals surface area contributed by atoms with Crippen molar-refractivity contribution in [2.75, 3.05) is 7.11 Å². The van der Waals surface area contributed by atoms with E-state index in [9.17, 15) is 15.2 Å². The van der Waals surface area contributed by atoms with Crippen molar-refractivity contribution in [3.8, 4) is 17.6 Å². The molecule has 2 fully saturated rings. The van der Waals surface area contributed by atoms with E-state index in [1.807, 2.05) is 18.2 Å². The Kier molecular flexibility index (Phi) is 4.16. The van der Waals surface area contributed by atoms with Crippen molar-refractivity contribution in [1.29, 1.82) is 5.26 Å². The smallest absolute Gasteiger partial charge is 0.309 e. The van der Waals surface area contributed by atoms with Crippen LogP contribution >= 0.6 is 0 Å². The lowest BCUT2D eigenvalue weighted by molar-refractivity contribution is -0.156. The largest absolute Gasteiger partial charge is 0.493 e. The third-order valence-electron chi connectivity index (χ3n) is 5.43. The average molecular weight is 329 g/mol. The van der Waals surface area contributed by atoms with E-state index in [4.69, 9.17) is 9.47 Å². The number of ether oxygens (including phenoxy) is 2. The van der Waals surface area contributed by atoms with Gasteiger partial charge in [0.15, 0.2) is 11.5 Å². The molecule has 128 valence electrons. The number of hydrogen-bond acceptors (Lipinski definition) is 4. The average Bonchev–Trinajstić information content (AvgIpc) is 3.04. The Balaban J connectivity index is 1.88. The number of rotatable bonds is 5. The van der Waals surface area contributed by atoms with Crippen LogP contribution in [0, 0.1) is 16.7 Å². The monoisotopic (exact) mass is 329 g/mol. The molecule has 5 nitrogen and oxygen atoms in total. The maximum Gasteiger partial charge on any atom is 0.309 e. The Hall–Kier alpha value is -2.22. The molecule has 0 aliphatic heterocycles. The van der Waals surface area contributed by atoms with Crippen molar-refractivity contribution >= 4 is 5.97 Å². The minimum absolute atomic E-state index is 0.192. The van der Waals surface area contributed by atoms with Gasteiger partial charge < -0.3 is 14.6 Å². The summed E-state index contributed by atoms with van der Waals surface area (Å²) in [5, 5.41) is 19.0. The highest BCUT2D eigenvalue weighted by Crippen LogP contribution is 2.56. The van der Waals surface area contributed by atoms with Gasteiger partial charge >= 0.3 is 5.97 Å². The molecule has 0 aromatic heterocycles. The van der Waals surface area contributed by atoms with Crippen LogP contribution in [0.15, 0.2) is 18.2 Å². The number of nitriles is 1. The molecule has 2 aliphatic carbocycles. The number of hydrogen-bond donors (Lipinski definition) is 1. The van der Waals surface area contributed by atoms with Gasteiger partial charge in [-0.2, -0.15) is 5.26 Å². The van der Waals surface area contributed by atoms with Gasteiger partial charge in [-0.05, 0) is 63.1 Å². The Morgan fingerprint density at radius 3 is 2.50 bits per heavy atom. The van der Waals surface area contributed by atoms with Gasteiger partial charge in [-0.3, -0.25) is 4.79 Å². The maximum absolute atomic E-state index is 11.4. The first-order valence-electron chi connectivity index (χ1n) is 8.42. The van der Waals surface area contributed by atoms with Crippen molar-refractivity contribution < 1.29 is 19.4 Å². The Bertz CT molecular complexity index is 679.